The van der Waals surface area contributed by atoms with Gasteiger partial charge < -0.3 is 9.88 Å². The molecule has 0 spiro atoms. The van der Waals surface area contributed by atoms with Crippen LogP contribution in [0.4, 0.5) is 18.9 Å². The van der Waals surface area contributed by atoms with E-state index in [0.717, 1.165) is 12.3 Å². The van der Waals surface area contributed by atoms with Crippen molar-refractivity contribution in [2.75, 3.05) is 5.32 Å². The lowest BCUT2D eigenvalue weighted by Crippen LogP contribution is -2.31. The third-order valence-electron chi connectivity index (χ3n) is 2.79. The van der Waals surface area contributed by atoms with Crippen LogP contribution in [0.1, 0.15) is 5.56 Å². The number of pyridine rings is 1. The summed E-state index contributed by atoms with van der Waals surface area (Å²) in [6, 6.07) is 6.00. The highest BCUT2D eigenvalue weighted by Crippen LogP contribution is 2.26. The van der Waals surface area contributed by atoms with Crippen molar-refractivity contribution < 1.29 is 18.0 Å². The highest BCUT2D eigenvalue weighted by molar-refractivity contribution is 6.35. The number of rotatable bonds is 3. The first kappa shape index (κ1) is 17.4. The summed E-state index contributed by atoms with van der Waals surface area (Å²) in [5.74, 6) is -0.690. The number of alkyl halides is 3. The summed E-state index contributed by atoms with van der Waals surface area (Å²) < 4.78 is 38.6. The quantitative estimate of drug-likeness (QED) is 0.899. The molecule has 1 heterocycles. The highest BCUT2D eigenvalue weighted by atomic mass is 35.5. The number of carbonyl (C=O) groups is 1. The fourth-order valence-electron chi connectivity index (χ4n) is 1.86. The van der Waals surface area contributed by atoms with Crippen LogP contribution in [0.25, 0.3) is 0 Å². The van der Waals surface area contributed by atoms with Gasteiger partial charge in [-0.1, -0.05) is 23.2 Å². The molecule has 0 saturated heterocycles. The van der Waals surface area contributed by atoms with Crippen molar-refractivity contribution in [2.45, 2.75) is 12.7 Å². The summed E-state index contributed by atoms with van der Waals surface area (Å²) in [5, 5.41) is 2.97. The molecule has 4 nitrogen and oxygen atoms in total. The smallest absolute Gasteiger partial charge is 0.324 e. The summed E-state index contributed by atoms with van der Waals surface area (Å²) in [5.41, 5.74) is -2.36. The zero-order valence-corrected chi connectivity index (χ0v) is 12.8. The third kappa shape index (κ3) is 4.49. The van der Waals surface area contributed by atoms with E-state index in [-0.39, 0.29) is 15.7 Å². The van der Waals surface area contributed by atoms with Gasteiger partial charge >= 0.3 is 6.18 Å². The van der Waals surface area contributed by atoms with Crippen molar-refractivity contribution in [3.63, 3.8) is 0 Å². The SMILES string of the molecule is O=C(Cn1cccc(C(F)(F)F)c1=O)Nc1cc(Cl)cc(Cl)c1. The molecule has 0 fully saturated rings. The summed E-state index contributed by atoms with van der Waals surface area (Å²) in [6.07, 6.45) is -3.68. The lowest BCUT2D eigenvalue weighted by molar-refractivity contribution is -0.139. The average Bonchev–Trinajstić information content (AvgIpc) is 2.38. The predicted octanol–water partition coefficient (Wildman–Crippen LogP) is 3.81. The van der Waals surface area contributed by atoms with Crippen LogP contribution in [0.2, 0.25) is 10.0 Å². The number of halogens is 5. The van der Waals surface area contributed by atoms with Gasteiger partial charge in [-0.2, -0.15) is 13.2 Å². The Morgan fingerprint density at radius 3 is 2.35 bits per heavy atom. The van der Waals surface area contributed by atoms with E-state index in [4.69, 9.17) is 23.2 Å². The van der Waals surface area contributed by atoms with Gasteiger partial charge in [0.05, 0.1) is 0 Å². The fourth-order valence-corrected chi connectivity index (χ4v) is 2.38. The number of nitrogens with zero attached hydrogens (tertiary/aromatic N) is 1. The zero-order valence-electron chi connectivity index (χ0n) is 11.3. The average molecular weight is 365 g/mol. The first-order chi connectivity index (χ1) is 10.7. The summed E-state index contributed by atoms with van der Waals surface area (Å²) >= 11 is 11.5. The van der Waals surface area contributed by atoms with Gasteiger partial charge in [-0.3, -0.25) is 9.59 Å². The predicted molar refractivity (Wildman–Crippen MR) is 80.8 cm³/mol. The lowest BCUT2D eigenvalue weighted by atomic mass is 10.2. The molecule has 0 aliphatic rings. The molecule has 0 aliphatic heterocycles. The Labute approximate surface area is 138 Å². The molecule has 0 saturated carbocycles. The van der Waals surface area contributed by atoms with E-state index in [1.54, 1.807) is 0 Å². The minimum Gasteiger partial charge on any atom is -0.324 e. The van der Waals surface area contributed by atoms with E-state index in [0.29, 0.717) is 10.6 Å². The maximum absolute atomic E-state index is 12.7. The molecule has 9 heteroatoms. The Morgan fingerprint density at radius 2 is 1.78 bits per heavy atom. The maximum Gasteiger partial charge on any atom is 0.421 e. The minimum atomic E-state index is -4.78. The van der Waals surface area contributed by atoms with Gasteiger partial charge in [0, 0.05) is 21.9 Å². The second-order valence-corrected chi connectivity index (χ2v) is 5.43. The Hall–Kier alpha value is -1.99. The first-order valence-corrected chi connectivity index (χ1v) is 6.95. The molecular weight excluding hydrogens is 356 g/mol. The van der Waals surface area contributed by atoms with Gasteiger partial charge in [0.25, 0.3) is 5.56 Å². The van der Waals surface area contributed by atoms with E-state index in [1.165, 1.54) is 18.2 Å². The number of amides is 1. The normalized spacial score (nSPS) is 11.3. The Balaban J connectivity index is 2.19. The molecule has 0 bridgehead atoms. The molecule has 0 unspecified atom stereocenters. The van der Waals surface area contributed by atoms with Crippen molar-refractivity contribution in [1.82, 2.24) is 4.57 Å². The lowest BCUT2D eigenvalue weighted by Gasteiger charge is -2.11. The number of aromatic nitrogens is 1. The van der Waals surface area contributed by atoms with Gasteiger partial charge in [-0.05, 0) is 30.3 Å². The van der Waals surface area contributed by atoms with E-state index in [2.05, 4.69) is 5.32 Å². The van der Waals surface area contributed by atoms with Crippen molar-refractivity contribution in [2.24, 2.45) is 0 Å². The molecule has 122 valence electrons. The summed E-state index contributed by atoms with van der Waals surface area (Å²) in [6.45, 7) is -0.577. The van der Waals surface area contributed by atoms with Crippen LogP contribution in [0.5, 0.6) is 0 Å². The second-order valence-electron chi connectivity index (χ2n) is 4.56. The summed E-state index contributed by atoms with van der Waals surface area (Å²) in [7, 11) is 0. The van der Waals surface area contributed by atoms with Gasteiger partial charge in [0.2, 0.25) is 5.91 Å². The standard InChI is InChI=1S/C14H9Cl2F3N2O2/c15-8-4-9(16)6-10(5-8)20-12(22)7-21-3-1-2-11(13(21)23)14(17,18)19/h1-6H,7H2,(H,20,22). The highest BCUT2D eigenvalue weighted by Gasteiger charge is 2.34. The maximum atomic E-state index is 12.7. The molecular formula is C14H9Cl2F3N2O2. The van der Waals surface area contributed by atoms with Gasteiger partial charge in [0.1, 0.15) is 12.1 Å². The number of hydrogen-bond donors (Lipinski definition) is 1. The van der Waals surface area contributed by atoms with Crippen molar-refractivity contribution in [1.29, 1.82) is 0 Å². The number of hydrogen-bond acceptors (Lipinski definition) is 2. The molecule has 0 radical (unpaired) electrons. The van der Waals surface area contributed by atoms with Crippen LogP contribution >= 0.6 is 23.2 Å². The number of benzene rings is 1. The molecule has 0 atom stereocenters. The monoisotopic (exact) mass is 364 g/mol. The molecule has 23 heavy (non-hydrogen) atoms. The zero-order chi connectivity index (χ0) is 17.2. The van der Waals surface area contributed by atoms with Crippen LogP contribution < -0.4 is 10.9 Å². The molecule has 2 aromatic rings. The molecule has 1 amide bonds. The van der Waals surface area contributed by atoms with Crippen molar-refractivity contribution >= 4 is 34.8 Å². The van der Waals surface area contributed by atoms with E-state index in [9.17, 15) is 22.8 Å². The van der Waals surface area contributed by atoms with Gasteiger partial charge in [-0.25, -0.2) is 0 Å². The largest absolute Gasteiger partial charge is 0.421 e. The molecule has 2 rings (SSSR count). The third-order valence-corrected chi connectivity index (χ3v) is 3.22. The fraction of sp³-hybridized carbons (Fsp3) is 0.143. The van der Waals surface area contributed by atoms with E-state index >= 15 is 0 Å². The van der Waals surface area contributed by atoms with E-state index < -0.39 is 29.8 Å². The second kappa shape index (κ2) is 6.64. The number of carbonyl (C=O) groups excluding carboxylic acids is 1. The number of anilines is 1. The first-order valence-electron chi connectivity index (χ1n) is 6.19. The van der Waals surface area contributed by atoms with Gasteiger partial charge in [0.15, 0.2) is 0 Å². The number of nitrogens with one attached hydrogen (secondary N) is 1. The Bertz CT molecular complexity index is 783. The van der Waals surface area contributed by atoms with Crippen molar-refractivity contribution in [3.05, 3.63) is 62.5 Å². The van der Waals surface area contributed by atoms with Crippen LogP contribution in [-0.4, -0.2) is 10.5 Å². The van der Waals surface area contributed by atoms with Gasteiger partial charge in [-0.15, -0.1) is 0 Å². The Kier molecular flexibility index (Phi) is 5.01. The molecule has 1 aromatic carbocycles. The molecule has 1 N–H and O–H groups in total. The topological polar surface area (TPSA) is 51.1 Å². The van der Waals surface area contributed by atoms with Crippen LogP contribution in [0.3, 0.4) is 0 Å². The van der Waals surface area contributed by atoms with Crippen LogP contribution in [-0.2, 0) is 17.5 Å². The van der Waals surface area contributed by atoms with Crippen LogP contribution in [0, 0.1) is 0 Å². The molecule has 0 aliphatic carbocycles. The van der Waals surface area contributed by atoms with Crippen LogP contribution in [0.15, 0.2) is 41.3 Å². The minimum absolute atomic E-state index is 0.271. The van der Waals surface area contributed by atoms with Crippen molar-refractivity contribution in [3.8, 4) is 0 Å². The molecule has 1 aromatic heterocycles. The summed E-state index contributed by atoms with van der Waals surface area (Å²) in [4.78, 5) is 23.6. The Morgan fingerprint density at radius 1 is 1.17 bits per heavy atom. The van der Waals surface area contributed by atoms with E-state index in [1.807, 2.05) is 0 Å².